The zero-order valence-corrected chi connectivity index (χ0v) is 12.1. The molecule has 0 bridgehead atoms. The van der Waals surface area contributed by atoms with Crippen molar-refractivity contribution in [1.29, 1.82) is 0 Å². The molecule has 4 heteroatoms. The molecular formula is C14H29NO3. The van der Waals surface area contributed by atoms with Crippen LogP contribution in [0.2, 0.25) is 0 Å². The highest BCUT2D eigenvalue weighted by Gasteiger charge is 2.15. The van der Waals surface area contributed by atoms with Crippen molar-refractivity contribution in [3.63, 3.8) is 0 Å². The van der Waals surface area contributed by atoms with E-state index in [0.717, 1.165) is 13.2 Å². The lowest BCUT2D eigenvalue weighted by Gasteiger charge is -2.22. The molecule has 1 rings (SSSR count). The van der Waals surface area contributed by atoms with Gasteiger partial charge in [0.05, 0.1) is 31.0 Å². The maximum absolute atomic E-state index is 9.70. The van der Waals surface area contributed by atoms with Crippen LogP contribution in [-0.4, -0.2) is 49.2 Å². The van der Waals surface area contributed by atoms with Crippen LogP contribution in [0.1, 0.15) is 46.5 Å². The minimum Gasteiger partial charge on any atom is -0.389 e. The van der Waals surface area contributed by atoms with Gasteiger partial charge in [0.2, 0.25) is 0 Å². The van der Waals surface area contributed by atoms with Crippen LogP contribution in [0.25, 0.3) is 0 Å². The molecule has 0 amide bonds. The van der Waals surface area contributed by atoms with E-state index in [1.165, 1.54) is 25.7 Å². The molecule has 0 aliphatic heterocycles. The first-order valence-electron chi connectivity index (χ1n) is 7.12. The quantitative estimate of drug-likeness (QED) is 0.652. The predicted octanol–water partition coefficient (Wildman–Crippen LogP) is 1.71. The monoisotopic (exact) mass is 259 g/mol. The van der Waals surface area contributed by atoms with Gasteiger partial charge < -0.3 is 19.9 Å². The average Bonchev–Trinajstić information content (AvgIpc) is 2.78. The van der Waals surface area contributed by atoms with Gasteiger partial charge in [-0.05, 0) is 33.6 Å². The zero-order valence-electron chi connectivity index (χ0n) is 12.1. The van der Waals surface area contributed by atoms with Crippen LogP contribution in [-0.2, 0) is 9.47 Å². The van der Waals surface area contributed by atoms with Crippen molar-refractivity contribution in [3.05, 3.63) is 0 Å². The molecule has 18 heavy (non-hydrogen) atoms. The Balaban J connectivity index is 1.90. The fourth-order valence-corrected chi connectivity index (χ4v) is 2.03. The molecule has 1 unspecified atom stereocenters. The second-order valence-electron chi connectivity index (χ2n) is 6.06. The number of hydrogen-bond acceptors (Lipinski definition) is 4. The highest BCUT2D eigenvalue weighted by Crippen LogP contribution is 2.20. The maximum atomic E-state index is 9.70. The van der Waals surface area contributed by atoms with E-state index in [-0.39, 0.29) is 5.60 Å². The van der Waals surface area contributed by atoms with Crippen molar-refractivity contribution in [2.75, 3.05) is 26.3 Å². The molecular weight excluding hydrogens is 230 g/mol. The highest BCUT2D eigenvalue weighted by atomic mass is 16.5. The van der Waals surface area contributed by atoms with Gasteiger partial charge in [-0.25, -0.2) is 0 Å². The minimum absolute atomic E-state index is 0.188. The molecule has 0 aromatic rings. The summed E-state index contributed by atoms with van der Waals surface area (Å²) in [6.07, 6.45) is 5.06. The second kappa shape index (κ2) is 8.10. The van der Waals surface area contributed by atoms with Crippen LogP contribution in [0.4, 0.5) is 0 Å². The molecule has 0 aromatic heterocycles. The van der Waals surface area contributed by atoms with E-state index >= 15 is 0 Å². The Bertz CT molecular complexity index is 210. The maximum Gasteiger partial charge on any atom is 0.0897 e. The number of hydrogen-bond donors (Lipinski definition) is 2. The molecule has 0 heterocycles. The summed E-state index contributed by atoms with van der Waals surface area (Å²) < 4.78 is 11.2. The van der Waals surface area contributed by atoms with E-state index in [2.05, 4.69) is 5.32 Å². The summed E-state index contributed by atoms with van der Waals surface area (Å²) in [5.41, 5.74) is -0.188. The van der Waals surface area contributed by atoms with Gasteiger partial charge in [0.25, 0.3) is 0 Å². The van der Waals surface area contributed by atoms with Crippen molar-refractivity contribution in [3.8, 4) is 0 Å². The molecule has 0 radical (unpaired) electrons. The van der Waals surface area contributed by atoms with Gasteiger partial charge in [-0.2, -0.15) is 0 Å². The Morgan fingerprint density at radius 2 is 1.94 bits per heavy atom. The normalized spacial score (nSPS) is 19.3. The molecule has 2 N–H and O–H groups in total. The van der Waals surface area contributed by atoms with Gasteiger partial charge in [-0.1, -0.05) is 12.8 Å². The molecule has 0 spiro atoms. The van der Waals surface area contributed by atoms with Crippen molar-refractivity contribution in [1.82, 2.24) is 5.32 Å². The Morgan fingerprint density at radius 3 is 2.56 bits per heavy atom. The molecule has 1 atom stereocenters. The SMILES string of the molecule is CC(C)(C)OCC(O)CNCCOC1CCCC1. The van der Waals surface area contributed by atoms with Crippen LogP contribution in [0.5, 0.6) is 0 Å². The highest BCUT2D eigenvalue weighted by molar-refractivity contribution is 4.67. The van der Waals surface area contributed by atoms with Gasteiger partial charge in [0.15, 0.2) is 0 Å². The van der Waals surface area contributed by atoms with Gasteiger partial charge in [-0.3, -0.25) is 0 Å². The Kier molecular flexibility index (Phi) is 7.15. The average molecular weight is 259 g/mol. The molecule has 1 aliphatic carbocycles. The summed E-state index contributed by atoms with van der Waals surface area (Å²) in [5, 5.41) is 12.9. The molecule has 1 saturated carbocycles. The summed E-state index contributed by atoms with van der Waals surface area (Å²) in [5.74, 6) is 0. The molecule has 0 saturated heterocycles. The van der Waals surface area contributed by atoms with Gasteiger partial charge in [-0.15, -0.1) is 0 Å². The fraction of sp³-hybridized carbons (Fsp3) is 1.00. The number of rotatable bonds is 8. The first-order valence-corrected chi connectivity index (χ1v) is 7.12. The Hall–Kier alpha value is -0.160. The topological polar surface area (TPSA) is 50.7 Å². The molecule has 1 fully saturated rings. The zero-order chi connectivity index (χ0) is 13.4. The fourth-order valence-electron chi connectivity index (χ4n) is 2.03. The smallest absolute Gasteiger partial charge is 0.0897 e. The van der Waals surface area contributed by atoms with Gasteiger partial charge >= 0.3 is 0 Å². The first-order chi connectivity index (χ1) is 8.47. The molecule has 4 nitrogen and oxygen atoms in total. The van der Waals surface area contributed by atoms with Crippen LogP contribution in [0.3, 0.4) is 0 Å². The van der Waals surface area contributed by atoms with E-state index in [1.54, 1.807) is 0 Å². The van der Waals surface area contributed by atoms with Crippen molar-refractivity contribution in [2.24, 2.45) is 0 Å². The Morgan fingerprint density at radius 1 is 1.28 bits per heavy atom. The van der Waals surface area contributed by atoms with Crippen molar-refractivity contribution < 1.29 is 14.6 Å². The molecule has 0 aromatic carbocycles. The summed E-state index contributed by atoms with van der Waals surface area (Å²) in [6, 6.07) is 0. The third-order valence-electron chi connectivity index (χ3n) is 3.02. The largest absolute Gasteiger partial charge is 0.389 e. The predicted molar refractivity (Wildman–Crippen MR) is 72.8 cm³/mol. The minimum atomic E-state index is -0.448. The number of aliphatic hydroxyl groups is 1. The number of ether oxygens (including phenoxy) is 2. The third kappa shape index (κ3) is 8.03. The van der Waals surface area contributed by atoms with E-state index in [0.29, 0.717) is 19.3 Å². The number of nitrogens with one attached hydrogen (secondary N) is 1. The first kappa shape index (κ1) is 15.9. The number of aliphatic hydroxyl groups excluding tert-OH is 1. The van der Waals surface area contributed by atoms with Crippen molar-refractivity contribution >= 4 is 0 Å². The van der Waals surface area contributed by atoms with Gasteiger partial charge in [0, 0.05) is 13.1 Å². The van der Waals surface area contributed by atoms with Crippen molar-refractivity contribution in [2.45, 2.75) is 64.3 Å². The van der Waals surface area contributed by atoms with Gasteiger partial charge in [0.1, 0.15) is 0 Å². The van der Waals surface area contributed by atoms with E-state index < -0.39 is 6.10 Å². The lowest BCUT2D eigenvalue weighted by Crippen LogP contribution is -2.35. The Labute approximate surface area is 111 Å². The van der Waals surface area contributed by atoms with E-state index in [1.807, 2.05) is 20.8 Å². The lowest BCUT2D eigenvalue weighted by molar-refractivity contribution is -0.0482. The van der Waals surface area contributed by atoms with E-state index in [4.69, 9.17) is 9.47 Å². The molecule has 108 valence electrons. The second-order valence-corrected chi connectivity index (χ2v) is 6.06. The summed E-state index contributed by atoms with van der Waals surface area (Å²) in [4.78, 5) is 0. The summed E-state index contributed by atoms with van der Waals surface area (Å²) in [6.45, 7) is 8.43. The van der Waals surface area contributed by atoms with Crippen LogP contribution in [0, 0.1) is 0 Å². The summed E-state index contributed by atoms with van der Waals surface area (Å²) >= 11 is 0. The lowest BCUT2D eigenvalue weighted by atomic mass is 10.2. The molecule has 1 aliphatic rings. The standard InChI is InChI=1S/C14H29NO3/c1-14(2,3)18-11-12(16)10-15-8-9-17-13-6-4-5-7-13/h12-13,15-16H,4-11H2,1-3H3. The summed E-state index contributed by atoms with van der Waals surface area (Å²) in [7, 11) is 0. The van der Waals surface area contributed by atoms with Crippen LogP contribution < -0.4 is 5.32 Å². The van der Waals surface area contributed by atoms with Crippen LogP contribution >= 0.6 is 0 Å². The third-order valence-corrected chi connectivity index (χ3v) is 3.02. The van der Waals surface area contributed by atoms with Crippen LogP contribution in [0.15, 0.2) is 0 Å². The van der Waals surface area contributed by atoms with E-state index in [9.17, 15) is 5.11 Å².